The van der Waals surface area contributed by atoms with E-state index in [1.165, 1.54) is 0 Å². The van der Waals surface area contributed by atoms with Crippen molar-refractivity contribution in [2.75, 3.05) is 39.6 Å². The summed E-state index contributed by atoms with van der Waals surface area (Å²) < 4.78 is 71.6. The van der Waals surface area contributed by atoms with Crippen molar-refractivity contribution in [3.05, 3.63) is 219 Å². The minimum atomic E-state index is -0.552. The molecule has 0 bridgehead atoms. The second-order valence-electron chi connectivity index (χ2n) is 22.5. The molecule has 4 aliphatic heterocycles. The first-order valence-electron chi connectivity index (χ1n) is 27.5. The first kappa shape index (κ1) is 62.5. The van der Waals surface area contributed by atoms with Crippen molar-refractivity contribution in [3.8, 4) is 0 Å². The molecule has 6 atom stereocenters. The van der Waals surface area contributed by atoms with Crippen LogP contribution in [-0.2, 0) is 89.9 Å². The van der Waals surface area contributed by atoms with Crippen LogP contribution in [0.3, 0.4) is 0 Å². The van der Waals surface area contributed by atoms with E-state index in [0.29, 0.717) is 66.1 Å². The van der Waals surface area contributed by atoms with Gasteiger partial charge in [0.2, 0.25) is 0 Å². The fraction of sp³-hybridized carbons (Fsp3) is 0.439. The Kier molecular flexibility index (Phi) is 22.2. The van der Waals surface area contributed by atoms with Gasteiger partial charge in [0, 0.05) is 0 Å². The van der Waals surface area contributed by atoms with E-state index in [0.717, 1.165) is 66.8 Å². The van der Waals surface area contributed by atoms with Gasteiger partial charge in [-0.15, -0.1) is 12.1 Å². The Hall–Kier alpha value is -3.52. The maximum Gasteiger partial charge on any atom is 1.00 e. The third-order valence-electron chi connectivity index (χ3n) is 14.3. The van der Waals surface area contributed by atoms with Crippen LogP contribution < -0.4 is 58.2 Å². The molecular weight excluding hydrogens is 1090 g/mol. The summed E-state index contributed by atoms with van der Waals surface area (Å²) in [5.74, 6) is -2.17. The van der Waals surface area contributed by atoms with E-state index in [1.54, 1.807) is 0 Å². The van der Waals surface area contributed by atoms with Gasteiger partial charge in [0.05, 0.1) is 72.7 Å². The normalized spacial score (nSPS) is 22.3. The van der Waals surface area contributed by atoms with Gasteiger partial charge >= 0.3 is 58.2 Å². The molecule has 0 amide bonds. The Bertz CT molecular complexity index is 2820. The Labute approximate surface area is 522 Å². The summed E-state index contributed by atoms with van der Waals surface area (Å²) in [6, 6.07) is 49.2. The van der Waals surface area contributed by atoms with E-state index in [4.69, 9.17) is 56.8 Å². The number of hydrogen-bond acceptors (Lipinski definition) is 13. The summed E-state index contributed by atoms with van der Waals surface area (Å²) in [5, 5.41) is 9.44. The predicted molar refractivity (Wildman–Crippen MR) is 299 cm³/mol. The molecule has 4 unspecified atom stereocenters. The van der Waals surface area contributed by atoms with Crippen molar-refractivity contribution in [2.45, 2.75) is 148 Å². The number of aliphatic hydroxyl groups is 1. The van der Waals surface area contributed by atoms with Gasteiger partial charge in [0.1, 0.15) is 36.6 Å². The van der Waals surface area contributed by atoms with Crippen LogP contribution in [0.25, 0.3) is 0 Å². The molecule has 4 fully saturated rings. The van der Waals surface area contributed by atoms with E-state index < -0.39 is 23.1 Å². The van der Waals surface area contributed by atoms with Gasteiger partial charge in [-0.2, -0.15) is 24.6 Å². The summed E-state index contributed by atoms with van der Waals surface area (Å²) >= 11 is 0. The summed E-state index contributed by atoms with van der Waals surface area (Å²) in [7, 11) is 0. The third kappa shape index (κ3) is 18.2. The summed E-state index contributed by atoms with van der Waals surface area (Å²) in [6.45, 7) is 24.4. The topological polar surface area (TPSA) is 131 Å². The van der Waals surface area contributed by atoms with Crippen LogP contribution in [0.15, 0.2) is 146 Å². The maximum atomic E-state index is 9.44. The zero-order valence-electron chi connectivity index (χ0n) is 48.2. The van der Waals surface area contributed by atoms with Crippen LogP contribution in [0.4, 0.5) is 0 Å². The zero-order valence-corrected chi connectivity index (χ0v) is 53.1. The van der Waals surface area contributed by atoms with Gasteiger partial charge in [-0.05, 0) is 117 Å². The molecule has 0 aromatic heterocycles. The van der Waals surface area contributed by atoms with Gasteiger partial charge in [0.15, 0.2) is 23.1 Å². The van der Waals surface area contributed by atoms with Crippen LogP contribution in [0.2, 0.25) is 0 Å². The molecule has 0 saturated carbocycles. The van der Waals surface area contributed by atoms with E-state index >= 15 is 0 Å². The Morgan fingerprint density at radius 3 is 0.925 bits per heavy atom. The van der Waals surface area contributed by atoms with Gasteiger partial charge in [-0.1, -0.05) is 121 Å². The number of rotatable bonds is 21. The molecule has 0 radical (unpaired) electrons. The minimum absolute atomic E-state index is 0. The molecule has 6 aromatic carbocycles. The Morgan fingerprint density at radius 1 is 0.400 bits per heavy atom. The van der Waals surface area contributed by atoms with Crippen LogP contribution in [0.5, 0.6) is 0 Å². The summed E-state index contributed by atoms with van der Waals surface area (Å²) in [5.41, 5.74) is 12.6. The Morgan fingerprint density at radius 2 is 0.662 bits per heavy atom. The molecule has 0 aliphatic carbocycles. The summed E-state index contributed by atoms with van der Waals surface area (Å²) in [6.07, 6.45) is -0.657. The SMILES string of the molecule is CC1(C)OCC(c2ccc(COC[C@H](OCc3ccc(C4COC(C)(C)O4)cc3)c3ccc(CO)cc3)cc2)O1.[CH2-]c1ccc([C@H](COCc2ccc(C3COC(C)(C)O3)cc2)OCc2ccc(C3COC(C)(C)O3)cc2)cc1.[Rb+]. The first-order valence-corrected chi connectivity index (χ1v) is 27.5. The van der Waals surface area contributed by atoms with Crippen molar-refractivity contribution < 1.29 is 120 Å². The molecule has 4 saturated heterocycles. The van der Waals surface area contributed by atoms with E-state index in [2.05, 4.69) is 116 Å². The molecule has 6 aromatic rings. The molecule has 80 heavy (non-hydrogen) atoms. The van der Waals surface area contributed by atoms with E-state index in [-0.39, 0.29) is 101 Å². The number of aliphatic hydroxyl groups excluding tert-OH is 1. The fourth-order valence-corrected chi connectivity index (χ4v) is 9.73. The van der Waals surface area contributed by atoms with Crippen LogP contribution in [-0.4, -0.2) is 67.9 Å². The van der Waals surface area contributed by atoms with Crippen molar-refractivity contribution >= 4 is 0 Å². The van der Waals surface area contributed by atoms with Crippen molar-refractivity contribution in [2.24, 2.45) is 0 Å². The smallest absolute Gasteiger partial charge is 0.392 e. The predicted octanol–water partition coefficient (Wildman–Crippen LogP) is 10.3. The van der Waals surface area contributed by atoms with E-state index in [9.17, 15) is 5.11 Å². The van der Waals surface area contributed by atoms with E-state index in [1.807, 2.05) is 91.8 Å². The number of hydrogen-bond donors (Lipinski definition) is 1. The van der Waals surface area contributed by atoms with Gasteiger partial charge < -0.3 is 61.9 Å². The molecule has 422 valence electrons. The first-order chi connectivity index (χ1) is 37.9. The Balaban J connectivity index is 0.000000208. The largest absolute Gasteiger partial charge is 1.00 e. The second kappa shape index (κ2) is 28.4. The van der Waals surface area contributed by atoms with Crippen LogP contribution in [0, 0.1) is 6.92 Å². The standard InChI is InChI=1S/C33H40O7.C33H39O6.Rb/c1-32(2)37-21-30(39-32)27-13-7-24(8-14-27)18-35-20-29(26-11-5-23(17-34)6-12-26)36-19-25-9-15-28(16-10-25)31-22-38-33(3,4)40-31;1-23-6-12-26(13-7-23)29(35-19-25-10-16-28(17-11-25)31-22-37-33(4,5)39-31)20-34-18-24-8-14-27(15-9-24)30-21-36-32(2,3)38-30;/h5-16,29-31,34H,17-22H2,1-4H3;6-17,29-31H,1,18-22H2,2-5H3;/q;-1;+1/t2*29-,30?,31?;/m00./s1. The molecule has 4 heterocycles. The second-order valence-corrected chi connectivity index (χ2v) is 22.5. The van der Waals surface area contributed by atoms with Crippen molar-refractivity contribution in [1.82, 2.24) is 0 Å². The molecule has 0 spiro atoms. The molecule has 13 nitrogen and oxygen atoms in total. The number of benzene rings is 6. The average Bonchev–Trinajstić information content (AvgIpc) is 4.22. The number of ether oxygens (including phenoxy) is 12. The van der Waals surface area contributed by atoms with Crippen LogP contribution in [0.1, 0.15) is 159 Å². The van der Waals surface area contributed by atoms with Crippen LogP contribution >= 0.6 is 0 Å². The zero-order chi connectivity index (χ0) is 55.6. The maximum absolute atomic E-state index is 9.44. The molecule has 10 rings (SSSR count). The minimum Gasteiger partial charge on any atom is -0.392 e. The van der Waals surface area contributed by atoms with Gasteiger partial charge in [-0.3, -0.25) is 0 Å². The summed E-state index contributed by atoms with van der Waals surface area (Å²) in [4.78, 5) is 0. The quantitative estimate of drug-likeness (QED) is 0.0687. The molecule has 4 aliphatic rings. The van der Waals surface area contributed by atoms with Gasteiger partial charge in [0.25, 0.3) is 0 Å². The monoisotopic (exact) mass is 1160 g/mol. The van der Waals surface area contributed by atoms with Crippen molar-refractivity contribution in [3.63, 3.8) is 0 Å². The average molecular weight is 1170 g/mol. The van der Waals surface area contributed by atoms with Gasteiger partial charge in [-0.25, -0.2) is 0 Å². The fourth-order valence-electron chi connectivity index (χ4n) is 9.73. The molecule has 14 heteroatoms. The third-order valence-corrected chi connectivity index (χ3v) is 14.3. The molecule has 1 N–H and O–H groups in total. The molecular formula is C66H79O13Rb. The van der Waals surface area contributed by atoms with Crippen molar-refractivity contribution in [1.29, 1.82) is 0 Å².